The van der Waals surface area contributed by atoms with Gasteiger partial charge < -0.3 is 10.5 Å². The number of nitrogens with two attached hydrogens (primary N) is 1. The molecular formula is C13H22N2O3S. The van der Waals surface area contributed by atoms with Crippen molar-refractivity contribution >= 4 is 15.7 Å². The van der Waals surface area contributed by atoms with Gasteiger partial charge in [-0.1, -0.05) is 13.3 Å². The first-order valence-corrected chi connectivity index (χ1v) is 7.67. The van der Waals surface area contributed by atoms with Crippen LogP contribution >= 0.6 is 0 Å². The van der Waals surface area contributed by atoms with Gasteiger partial charge in [0.1, 0.15) is 5.75 Å². The molecule has 0 heterocycles. The molecule has 0 aliphatic carbocycles. The number of nitrogen functional groups attached to an aromatic ring is 1. The molecule has 0 fully saturated rings. The van der Waals surface area contributed by atoms with E-state index in [2.05, 4.69) is 4.72 Å². The monoisotopic (exact) mass is 286 g/mol. The summed E-state index contributed by atoms with van der Waals surface area (Å²) in [6.45, 7) is 5.74. The van der Waals surface area contributed by atoms with Gasteiger partial charge in [0.25, 0.3) is 0 Å². The second-order valence-electron chi connectivity index (χ2n) is 5.14. The Labute approximate surface area is 115 Å². The fourth-order valence-corrected chi connectivity index (χ4v) is 3.41. The van der Waals surface area contributed by atoms with E-state index in [4.69, 9.17) is 10.5 Å². The summed E-state index contributed by atoms with van der Waals surface area (Å²) in [5.41, 5.74) is 5.61. The minimum atomic E-state index is -3.58. The highest BCUT2D eigenvalue weighted by atomic mass is 32.2. The first-order valence-electron chi connectivity index (χ1n) is 6.19. The van der Waals surface area contributed by atoms with Crippen LogP contribution in [0, 0.1) is 0 Å². The Kier molecular flexibility index (Phi) is 4.81. The number of anilines is 1. The van der Waals surface area contributed by atoms with Gasteiger partial charge in [-0.15, -0.1) is 0 Å². The molecule has 0 aliphatic rings. The number of rotatable bonds is 6. The van der Waals surface area contributed by atoms with Gasteiger partial charge in [0, 0.05) is 11.6 Å². The van der Waals surface area contributed by atoms with Crippen LogP contribution < -0.4 is 15.2 Å². The van der Waals surface area contributed by atoms with Gasteiger partial charge >= 0.3 is 0 Å². The van der Waals surface area contributed by atoms with Gasteiger partial charge in [0.2, 0.25) is 10.0 Å². The minimum Gasteiger partial charge on any atom is -0.495 e. The summed E-state index contributed by atoms with van der Waals surface area (Å²) < 4.78 is 32.3. The molecule has 0 aromatic heterocycles. The van der Waals surface area contributed by atoms with Gasteiger partial charge in [-0.05, 0) is 32.4 Å². The van der Waals surface area contributed by atoms with Crippen molar-refractivity contribution < 1.29 is 13.2 Å². The molecule has 3 N–H and O–H groups in total. The van der Waals surface area contributed by atoms with Crippen LogP contribution in [0.4, 0.5) is 5.69 Å². The molecule has 0 bridgehead atoms. The zero-order chi connectivity index (χ0) is 14.7. The molecule has 6 heteroatoms. The molecular weight excluding hydrogens is 264 g/mol. The van der Waals surface area contributed by atoms with Gasteiger partial charge in [0.05, 0.1) is 17.7 Å². The molecule has 0 spiro atoms. The molecule has 0 amide bonds. The predicted octanol–water partition coefficient (Wildman–Crippen LogP) is 2.13. The molecule has 0 atom stereocenters. The third kappa shape index (κ3) is 4.11. The average molecular weight is 286 g/mol. The smallest absolute Gasteiger partial charge is 0.241 e. The fourth-order valence-electron chi connectivity index (χ4n) is 1.96. The number of benzene rings is 1. The van der Waals surface area contributed by atoms with Crippen molar-refractivity contribution in [2.45, 2.75) is 44.0 Å². The van der Waals surface area contributed by atoms with Crippen molar-refractivity contribution in [1.82, 2.24) is 4.72 Å². The number of sulfonamides is 1. The van der Waals surface area contributed by atoms with E-state index >= 15 is 0 Å². The van der Waals surface area contributed by atoms with Crippen LogP contribution in [-0.2, 0) is 10.0 Å². The topological polar surface area (TPSA) is 81.4 Å². The second kappa shape index (κ2) is 5.79. The maximum Gasteiger partial charge on any atom is 0.241 e. The molecule has 5 nitrogen and oxygen atoms in total. The Morgan fingerprint density at radius 1 is 1.37 bits per heavy atom. The van der Waals surface area contributed by atoms with E-state index in [1.54, 1.807) is 0 Å². The second-order valence-corrected chi connectivity index (χ2v) is 6.83. The number of hydrogen-bond acceptors (Lipinski definition) is 4. The lowest BCUT2D eigenvalue weighted by molar-refractivity contribution is 0.412. The molecule has 0 saturated carbocycles. The number of methoxy groups -OCH3 is 1. The molecule has 1 aromatic carbocycles. The zero-order valence-electron chi connectivity index (χ0n) is 11.9. The summed E-state index contributed by atoms with van der Waals surface area (Å²) in [6.07, 6.45) is 1.67. The van der Waals surface area contributed by atoms with E-state index in [1.807, 2.05) is 20.8 Å². The van der Waals surface area contributed by atoms with E-state index in [0.717, 1.165) is 12.8 Å². The highest BCUT2D eigenvalue weighted by Crippen LogP contribution is 2.25. The molecule has 0 saturated heterocycles. The molecule has 0 aliphatic heterocycles. The summed E-state index contributed by atoms with van der Waals surface area (Å²) >= 11 is 0. The highest BCUT2D eigenvalue weighted by Gasteiger charge is 2.25. The van der Waals surface area contributed by atoms with Crippen LogP contribution in [-0.4, -0.2) is 21.1 Å². The minimum absolute atomic E-state index is 0.155. The lowest BCUT2D eigenvalue weighted by Gasteiger charge is -2.25. The lowest BCUT2D eigenvalue weighted by Crippen LogP contribution is -2.43. The fraction of sp³-hybridized carbons (Fsp3) is 0.538. The summed E-state index contributed by atoms with van der Waals surface area (Å²) in [4.78, 5) is 0.155. The third-order valence-corrected chi connectivity index (χ3v) is 4.50. The van der Waals surface area contributed by atoms with E-state index in [9.17, 15) is 8.42 Å². The van der Waals surface area contributed by atoms with Crippen molar-refractivity contribution in [3.8, 4) is 5.75 Å². The van der Waals surface area contributed by atoms with E-state index in [1.165, 1.54) is 25.3 Å². The van der Waals surface area contributed by atoms with Crippen molar-refractivity contribution in [2.75, 3.05) is 12.8 Å². The number of hydrogen-bond donors (Lipinski definition) is 2. The highest BCUT2D eigenvalue weighted by molar-refractivity contribution is 7.89. The first kappa shape index (κ1) is 15.8. The van der Waals surface area contributed by atoms with E-state index in [0.29, 0.717) is 11.4 Å². The van der Waals surface area contributed by atoms with Gasteiger partial charge in [-0.25, -0.2) is 13.1 Å². The first-order chi connectivity index (χ1) is 8.72. The van der Waals surface area contributed by atoms with Crippen molar-refractivity contribution in [3.05, 3.63) is 18.2 Å². The zero-order valence-corrected chi connectivity index (χ0v) is 12.7. The van der Waals surface area contributed by atoms with Crippen LogP contribution in [0.15, 0.2) is 23.1 Å². The largest absolute Gasteiger partial charge is 0.495 e. The van der Waals surface area contributed by atoms with Gasteiger partial charge in [-0.2, -0.15) is 0 Å². The van der Waals surface area contributed by atoms with Crippen LogP contribution in [0.5, 0.6) is 5.75 Å². The number of nitrogens with one attached hydrogen (secondary N) is 1. The Balaban J connectivity index is 3.07. The lowest BCUT2D eigenvalue weighted by atomic mass is 10.0. The van der Waals surface area contributed by atoms with Gasteiger partial charge in [0.15, 0.2) is 0 Å². The quantitative estimate of drug-likeness (QED) is 0.785. The summed E-state index contributed by atoms with van der Waals surface area (Å²) in [5, 5.41) is 0. The Hall–Kier alpha value is -1.27. The predicted molar refractivity (Wildman–Crippen MR) is 76.7 cm³/mol. The third-order valence-electron chi connectivity index (χ3n) is 2.80. The van der Waals surface area contributed by atoms with E-state index in [-0.39, 0.29) is 4.90 Å². The van der Waals surface area contributed by atoms with Gasteiger partial charge in [-0.3, -0.25) is 0 Å². The van der Waals surface area contributed by atoms with Crippen LogP contribution in [0.3, 0.4) is 0 Å². The maximum atomic E-state index is 12.3. The van der Waals surface area contributed by atoms with Crippen LogP contribution in [0.1, 0.15) is 33.6 Å². The Morgan fingerprint density at radius 3 is 2.53 bits per heavy atom. The molecule has 0 radical (unpaired) electrons. The SMILES string of the molecule is CCCC(C)(C)NS(=O)(=O)c1ccc(N)c(OC)c1. The Bertz CT molecular complexity index is 539. The molecule has 108 valence electrons. The summed E-state index contributed by atoms with van der Waals surface area (Å²) in [6, 6.07) is 4.43. The van der Waals surface area contributed by atoms with E-state index < -0.39 is 15.6 Å². The average Bonchev–Trinajstić information content (AvgIpc) is 2.27. The molecule has 1 rings (SSSR count). The maximum absolute atomic E-state index is 12.3. The van der Waals surface area contributed by atoms with Crippen molar-refractivity contribution in [1.29, 1.82) is 0 Å². The molecule has 19 heavy (non-hydrogen) atoms. The normalized spacial score (nSPS) is 12.4. The van der Waals surface area contributed by atoms with Crippen LogP contribution in [0.2, 0.25) is 0 Å². The summed E-state index contributed by atoms with van der Waals surface area (Å²) in [5.74, 6) is 0.358. The molecule has 1 aromatic rings. The molecule has 0 unspecified atom stereocenters. The number of ether oxygens (including phenoxy) is 1. The summed E-state index contributed by atoms with van der Waals surface area (Å²) in [7, 11) is -2.12. The Morgan fingerprint density at radius 2 is 2.00 bits per heavy atom. The van der Waals surface area contributed by atoms with Crippen molar-refractivity contribution in [3.63, 3.8) is 0 Å². The standard InChI is InChI=1S/C13H22N2O3S/c1-5-8-13(2,3)15-19(16,17)10-6-7-11(14)12(9-10)18-4/h6-7,9,15H,5,8,14H2,1-4H3. The van der Waals surface area contributed by atoms with Crippen LogP contribution in [0.25, 0.3) is 0 Å². The van der Waals surface area contributed by atoms with Crippen molar-refractivity contribution in [2.24, 2.45) is 0 Å².